The third kappa shape index (κ3) is 23.4. The number of unbranched alkanes of at least 4 members (excludes halogenated alkanes) is 7. The molecular formula is C85H115Cl2N13O23. The number of hydrogen-bond acceptors (Lipinski definition) is 28. The van der Waals surface area contributed by atoms with Crippen molar-refractivity contribution in [3.05, 3.63) is 117 Å². The highest BCUT2D eigenvalue weighted by molar-refractivity contribution is 6.32. The molecule has 8 aliphatic rings. The van der Waals surface area contributed by atoms with Crippen molar-refractivity contribution in [1.82, 2.24) is 58.1 Å². The highest BCUT2D eigenvalue weighted by Crippen LogP contribution is 2.50. The van der Waals surface area contributed by atoms with Crippen molar-refractivity contribution in [2.45, 2.75) is 221 Å². The van der Waals surface area contributed by atoms with Crippen LogP contribution in [0.25, 0.3) is 11.1 Å². The molecule has 0 radical (unpaired) electrons. The number of nitrogens with zero attached hydrogens (tertiary/aromatic N) is 1. The topological polar surface area (TPSA) is 539 Å². The monoisotopic (exact) mass is 1760 g/mol. The molecule has 0 aliphatic carbocycles. The number of primary amides is 1. The molecule has 11 bridgehead atoms. The van der Waals surface area contributed by atoms with Crippen LogP contribution in [0.5, 0.6) is 46.0 Å². The lowest BCUT2D eigenvalue weighted by Crippen LogP contribution is -2.66. The Morgan fingerprint density at radius 3 is 1.95 bits per heavy atom. The maximum atomic E-state index is 16.4. The number of aliphatic hydroxyl groups is 5. The van der Waals surface area contributed by atoms with E-state index in [1.165, 1.54) is 69.5 Å². The highest BCUT2D eigenvalue weighted by Gasteiger charge is 2.52. The minimum absolute atomic E-state index is 0.0132. The van der Waals surface area contributed by atoms with Crippen molar-refractivity contribution in [3.63, 3.8) is 0 Å². The van der Waals surface area contributed by atoms with Crippen LogP contribution in [0.2, 0.25) is 10.0 Å². The number of carbonyl (C=O) groups is 8. The van der Waals surface area contributed by atoms with Crippen LogP contribution in [0.4, 0.5) is 0 Å². The minimum Gasteiger partial charge on any atom is -0.508 e. The van der Waals surface area contributed by atoms with Gasteiger partial charge in [0.15, 0.2) is 23.9 Å². The smallest absolute Gasteiger partial charge is 0.248 e. The van der Waals surface area contributed by atoms with Gasteiger partial charge in [-0.3, -0.25) is 43.3 Å². The Hall–Kier alpha value is -9.32. The summed E-state index contributed by atoms with van der Waals surface area (Å²) in [5.41, 5.74) is 8.87. The molecule has 22 N–H and O–H groups in total. The number of aromatic hydroxyl groups is 3. The summed E-state index contributed by atoms with van der Waals surface area (Å²) >= 11 is 14.5. The molecule has 0 spiro atoms. The summed E-state index contributed by atoms with van der Waals surface area (Å²) in [5.74, 6) is -14.1. The Morgan fingerprint density at radius 1 is 0.675 bits per heavy atom. The molecule has 8 amide bonds. The van der Waals surface area contributed by atoms with Gasteiger partial charge in [0, 0.05) is 68.4 Å². The number of morpholine rings is 1. The molecule has 36 nitrogen and oxygen atoms in total. The van der Waals surface area contributed by atoms with E-state index < -0.39 is 210 Å². The summed E-state index contributed by atoms with van der Waals surface area (Å²) in [5, 5.41) is 124. The van der Waals surface area contributed by atoms with Crippen LogP contribution in [0.3, 0.4) is 0 Å². The molecule has 18 atom stereocenters. The van der Waals surface area contributed by atoms with Gasteiger partial charge in [0.25, 0.3) is 0 Å². The fourth-order valence-electron chi connectivity index (χ4n) is 16.1. The normalized spacial score (nSPS) is 27.2. The van der Waals surface area contributed by atoms with Crippen LogP contribution in [0.1, 0.15) is 170 Å². The van der Waals surface area contributed by atoms with Crippen molar-refractivity contribution >= 4 is 70.5 Å². The number of phenols is 3. The highest BCUT2D eigenvalue weighted by atomic mass is 35.5. The van der Waals surface area contributed by atoms with Crippen LogP contribution in [0, 0.1) is 5.92 Å². The fraction of sp³-hybridized carbons (Fsp3) is 0.553. The first-order valence-corrected chi connectivity index (χ1v) is 42.6. The molecule has 3 fully saturated rings. The van der Waals surface area contributed by atoms with Gasteiger partial charge in [0.1, 0.15) is 95.5 Å². The number of likely N-dealkylation sites (N-methyl/N-ethyl adjacent to an activating group) is 1. The van der Waals surface area contributed by atoms with Gasteiger partial charge in [-0.05, 0) is 142 Å². The first-order chi connectivity index (χ1) is 58.8. The molecule has 672 valence electrons. The Kier molecular flexibility index (Phi) is 33.0. The van der Waals surface area contributed by atoms with Crippen LogP contribution >= 0.6 is 23.2 Å². The molecule has 123 heavy (non-hydrogen) atoms. The van der Waals surface area contributed by atoms with Gasteiger partial charge in [-0.2, -0.15) is 0 Å². The SMILES string of the molecule is CCCCCCCCCCNCCN[C@@]1(C)C[C@H](O[C@H]2[C@H](Oc3c4cc5cc3Oc3ccc(cc3Cl)[C@@H](O)[C@@H](NC(=O)[C@@H](CC(C)C)NC)C(=O)N[C@@H](CC(N)=O)C(=O)N[C@H]5C(=O)N[C@H]3C(=O)N[C@H](C(=O)N[C@H](C(=O)NCCCN5CCOCC5)c5cc(O)cc(O)c5-c5cc3ccc5O)[C@H](O)c3ccc(c(Cl)c3)O4)O[C@H](CN)[C@@H](O)[C@@H]2O)O[C@@H](C)[C@H]1O. The number of carbonyl (C=O) groups excluding carboxylic acids is 8. The van der Waals surface area contributed by atoms with Gasteiger partial charge < -0.3 is 139 Å². The van der Waals surface area contributed by atoms with Crippen molar-refractivity contribution < 1.29 is 112 Å². The molecule has 13 rings (SSSR count). The summed E-state index contributed by atoms with van der Waals surface area (Å²) in [7, 11) is 1.50. The number of halogens is 2. The van der Waals surface area contributed by atoms with Crippen molar-refractivity contribution in [3.8, 4) is 57.1 Å². The van der Waals surface area contributed by atoms with E-state index >= 15 is 24.0 Å². The largest absolute Gasteiger partial charge is 0.508 e. The third-order valence-corrected chi connectivity index (χ3v) is 23.5. The lowest BCUT2D eigenvalue weighted by atomic mass is 9.85. The summed E-state index contributed by atoms with van der Waals surface area (Å²) in [6.45, 7) is 13.3. The quantitative estimate of drug-likeness (QED) is 0.0294. The van der Waals surface area contributed by atoms with E-state index in [0.717, 1.165) is 74.3 Å². The van der Waals surface area contributed by atoms with E-state index in [-0.39, 0.29) is 80.2 Å². The maximum Gasteiger partial charge on any atom is 0.248 e. The average molecular weight is 1760 g/mol. The standard InChI is InChI=1S/C85H115Cl2N13O23/c1-7-8-9-10-11-12-13-14-22-91-24-25-93-85(5)40-63(118-43(4)76(85)109)122-75-73(108)72(107)61(41-88)121-84(75)123-74-59-35-47-36-60(74)120-58-21-18-46(34-52(58)87)71(106)69-83(116)97-67(79(112)92-23-15-26-100-27-29-117-30-28-100)50-37-48(101)38-56(103)64(50)49-32-44(16-19-55(49)102)65(80(113)99-69)96-81(114)66(47)95-78(111)54(39-62(89)104)94-82(115)68(98-77(110)53(90-6)31-42(2)3)70(105)45-17-20-57(119-59)51(86)33-45/h16-21,32-38,42-43,53-54,61,63,65-73,75-76,84,90-91,93,101-103,105-109H,7-15,22-31,39-41,88H2,1-6H3,(H2,89,104)(H,92,112)(H,94,115)(H,95,111)(H,96,114)(H,97,116)(H,98,110)(H,99,113)/t43-,53+,54-,61+,63-,65+,66+,67-,68+,69-,70+,71+,72+,73-,75+,76+,84-,85-/m0/s1. The van der Waals surface area contributed by atoms with Crippen LogP contribution < -0.4 is 78.8 Å². The van der Waals surface area contributed by atoms with Gasteiger partial charge in [-0.15, -0.1) is 0 Å². The van der Waals surface area contributed by atoms with E-state index in [2.05, 4.69) is 65.0 Å². The molecule has 5 aromatic rings. The number of rotatable bonds is 30. The summed E-state index contributed by atoms with van der Waals surface area (Å²) < 4.78 is 45.5. The summed E-state index contributed by atoms with van der Waals surface area (Å²) in [6.07, 6.45) is -7.77. The molecule has 0 saturated carbocycles. The second-order valence-electron chi connectivity index (χ2n) is 32.6. The predicted octanol–water partition coefficient (Wildman–Crippen LogP) is 3.19. The zero-order valence-corrected chi connectivity index (χ0v) is 71.0. The second-order valence-corrected chi connectivity index (χ2v) is 33.4. The maximum absolute atomic E-state index is 16.4. The number of hydrogen-bond donors (Lipinski definition) is 20. The van der Waals surface area contributed by atoms with Gasteiger partial charge in [0.2, 0.25) is 59.3 Å². The van der Waals surface area contributed by atoms with Gasteiger partial charge >= 0.3 is 0 Å². The molecule has 5 aromatic carbocycles. The van der Waals surface area contributed by atoms with E-state index in [1.807, 2.05) is 13.8 Å². The third-order valence-electron chi connectivity index (χ3n) is 22.9. The summed E-state index contributed by atoms with van der Waals surface area (Å²) in [6, 6.07) is 0.986. The van der Waals surface area contributed by atoms with E-state index in [1.54, 1.807) is 13.8 Å². The minimum atomic E-state index is -2.32. The number of ether oxygens (including phenoxy) is 7. The molecular weight excluding hydrogens is 1640 g/mol. The van der Waals surface area contributed by atoms with Gasteiger partial charge in [-0.1, -0.05) is 107 Å². The first-order valence-electron chi connectivity index (χ1n) is 41.8. The zero-order valence-electron chi connectivity index (χ0n) is 69.5. The number of aliphatic hydroxyl groups excluding tert-OH is 5. The average Bonchev–Trinajstić information content (AvgIpc) is 0.764. The number of fused-ring (bicyclic) bond motifs is 15. The number of nitrogens with one attached hydrogen (secondary N) is 10. The van der Waals surface area contributed by atoms with Crippen molar-refractivity contribution in [1.29, 1.82) is 0 Å². The van der Waals surface area contributed by atoms with Gasteiger partial charge in [-0.25, -0.2) is 0 Å². The second kappa shape index (κ2) is 43.1. The van der Waals surface area contributed by atoms with Crippen LogP contribution in [0.15, 0.2) is 78.9 Å². The van der Waals surface area contributed by atoms with E-state index in [4.69, 9.17) is 67.8 Å². The van der Waals surface area contributed by atoms with Crippen LogP contribution in [-0.4, -0.2) is 245 Å². The number of benzene rings is 5. The Morgan fingerprint density at radius 2 is 1.31 bits per heavy atom. The fourth-order valence-corrected chi connectivity index (χ4v) is 16.5. The number of nitrogens with two attached hydrogens (primary N) is 2. The predicted molar refractivity (Wildman–Crippen MR) is 448 cm³/mol. The Bertz CT molecular complexity index is 4570. The lowest BCUT2D eigenvalue weighted by molar-refractivity contribution is -0.331. The van der Waals surface area contributed by atoms with Crippen LogP contribution in [-0.2, 0) is 57.3 Å². The summed E-state index contributed by atoms with van der Waals surface area (Å²) in [4.78, 5) is 123. The Balaban J connectivity index is 1.07. The number of phenolic OH excluding ortho intramolecular Hbond substituents is 3. The van der Waals surface area contributed by atoms with E-state index in [0.29, 0.717) is 52.4 Å². The number of amides is 8. The van der Waals surface area contributed by atoms with Crippen molar-refractivity contribution in [2.24, 2.45) is 17.4 Å². The molecule has 8 aliphatic heterocycles. The lowest BCUT2D eigenvalue weighted by Gasteiger charge is -2.48. The molecule has 0 aromatic heterocycles. The Labute approximate surface area is 722 Å². The zero-order chi connectivity index (χ0) is 88.7. The first kappa shape index (κ1) is 94.4. The van der Waals surface area contributed by atoms with E-state index in [9.17, 15) is 55.2 Å². The molecule has 8 heterocycles. The molecule has 3 saturated heterocycles. The van der Waals surface area contributed by atoms with Gasteiger partial charge in [0.05, 0.1) is 47.9 Å². The van der Waals surface area contributed by atoms with Crippen molar-refractivity contribution in [2.75, 3.05) is 72.6 Å². The molecule has 0 unspecified atom stereocenters. The molecule has 38 heteroatoms.